The van der Waals surface area contributed by atoms with Gasteiger partial charge in [-0.2, -0.15) is 0 Å². The van der Waals surface area contributed by atoms with Crippen molar-refractivity contribution in [1.82, 2.24) is 14.5 Å². The van der Waals surface area contributed by atoms with Gasteiger partial charge in [-0.3, -0.25) is 14.9 Å². The summed E-state index contributed by atoms with van der Waals surface area (Å²) in [5.41, 5.74) is 0.522. The summed E-state index contributed by atoms with van der Waals surface area (Å²) in [7, 11) is 0. The smallest absolute Gasteiger partial charge is 0.258 e. The van der Waals surface area contributed by atoms with Crippen molar-refractivity contribution in [3.63, 3.8) is 0 Å². The standard InChI is InChI=1S/C11H6N4O3S/c16-11-14(8-2-1-5-12-10(8)19-11)9-4-3-7(6-13-9)15(17)18/h1-6H. The highest BCUT2D eigenvalue weighted by Crippen LogP contribution is 2.18. The van der Waals surface area contributed by atoms with Gasteiger partial charge in [0.25, 0.3) is 5.69 Å². The Labute approximate surface area is 109 Å². The highest BCUT2D eigenvalue weighted by atomic mass is 32.1. The number of nitrogens with zero attached hydrogens (tertiary/aromatic N) is 4. The van der Waals surface area contributed by atoms with Gasteiger partial charge in [-0.15, -0.1) is 0 Å². The molecule has 0 amide bonds. The molecule has 3 aromatic heterocycles. The van der Waals surface area contributed by atoms with Crippen molar-refractivity contribution in [3.8, 4) is 5.82 Å². The van der Waals surface area contributed by atoms with Crippen molar-refractivity contribution in [2.75, 3.05) is 0 Å². The van der Waals surface area contributed by atoms with E-state index < -0.39 is 4.92 Å². The molecule has 0 N–H and O–H groups in total. The first-order chi connectivity index (χ1) is 9.16. The van der Waals surface area contributed by atoms with Crippen LogP contribution in [0.5, 0.6) is 0 Å². The largest absolute Gasteiger partial charge is 0.315 e. The molecule has 0 bridgehead atoms. The van der Waals surface area contributed by atoms with Gasteiger partial charge in [0, 0.05) is 12.3 Å². The van der Waals surface area contributed by atoms with Crippen LogP contribution in [-0.2, 0) is 0 Å². The number of nitro groups is 1. The summed E-state index contributed by atoms with van der Waals surface area (Å²) in [6.45, 7) is 0. The number of hydrogen-bond acceptors (Lipinski definition) is 6. The van der Waals surface area contributed by atoms with Crippen molar-refractivity contribution < 1.29 is 4.92 Å². The monoisotopic (exact) mass is 274 g/mol. The van der Waals surface area contributed by atoms with Crippen LogP contribution in [0.1, 0.15) is 0 Å². The Balaban J connectivity index is 2.21. The van der Waals surface area contributed by atoms with Gasteiger partial charge in [0.1, 0.15) is 16.8 Å². The Hall–Kier alpha value is -2.61. The zero-order valence-corrected chi connectivity index (χ0v) is 10.2. The number of thiazole rings is 1. The minimum atomic E-state index is -0.535. The lowest BCUT2D eigenvalue weighted by Crippen LogP contribution is -2.11. The topological polar surface area (TPSA) is 90.9 Å². The second-order valence-corrected chi connectivity index (χ2v) is 4.60. The van der Waals surface area contributed by atoms with Crippen molar-refractivity contribution in [2.24, 2.45) is 0 Å². The summed E-state index contributed by atoms with van der Waals surface area (Å²) in [5, 5.41) is 10.6. The predicted octanol–water partition coefficient (Wildman–Crippen LogP) is 1.75. The van der Waals surface area contributed by atoms with Crippen LogP contribution in [-0.4, -0.2) is 19.5 Å². The molecule has 3 aromatic rings. The minimum absolute atomic E-state index is 0.116. The Morgan fingerprint density at radius 3 is 2.79 bits per heavy atom. The van der Waals surface area contributed by atoms with E-state index in [4.69, 9.17) is 0 Å². The van der Waals surface area contributed by atoms with Gasteiger partial charge in [-0.1, -0.05) is 11.3 Å². The molecule has 0 aliphatic carbocycles. The molecular weight excluding hydrogens is 268 g/mol. The summed E-state index contributed by atoms with van der Waals surface area (Å²) in [6, 6.07) is 6.23. The van der Waals surface area contributed by atoms with Gasteiger partial charge in [0.05, 0.1) is 10.4 Å². The number of rotatable bonds is 2. The summed E-state index contributed by atoms with van der Waals surface area (Å²) in [6.07, 6.45) is 2.73. The van der Waals surface area contributed by atoms with Crippen LogP contribution in [0.3, 0.4) is 0 Å². The third-order valence-electron chi connectivity index (χ3n) is 2.53. The fraction of sp³-hybridized carbons (Fsp3) is 0. The zero-order valence-electron chi connectivity index (χ0n) is 9.39. The Bertz CT molecular complexity index is 822. The maximum absolute atomic E-state index is 11.9. The molecule has 0 fully saturated rings. The van der Waals surface area contributed by atoms with E-state index >= 15 is 0 Å². The van der Waals surface area contributed by atoms with E-state index in [1.807, 2.05) is 0 Å². The average Bonchev–Trinajstić information content (AvgIpc) is 2.74. The molecule has 0 atom stereocenters. The lowest BCUT2D eigenvalue weighted by Gasteiger charge is -2.01. The van der Waals surface area contributed by atoms with Crippen molar-refractivity contribution >= 4 is 27.4 Å². The molecule has 0 spiro atoms. The first-order valence-electron chi connectivity index (χ1n) is 5.24. The Morgan fingerprint density at radius 1 is 1.26 bits per heavy atom. The third-order valence-corrected chi connectivity index (χ3v) is 3.40. The molecule has 0 saturated heterocycles. The molecule has 7 nitrogen and oxygen atoms in total. The zero-order chi connectivity index (χ0) is 13.4. The fourth-order valence-corrected chi connectivity index (χ4v) is 2.52. The Kier molecular flexibility index (Phi) is 2.57. The summed E-state index contributed by atoms with van der Waals surface area (Å²) < 4.78 is 1.39. The molecule has 19 heavy (non-hydrogen) atoms. The normalized spacial score (nSPS) is 10.7. The number of hydrogen-bond donors (Lipinski definition) is 0. The van der Waals surface area contributed by atoms with Gasteiger partial charge < -0.3 is 0 Å². The number of fused-ring (bicyclic) bond motifs is 1. The van der Waals surface area contributed by atoms with Crippen LogP contribution in [0, 0.1) is 10.1 Å². The van der Waals surface area contributed by atoms with Crippen LogP contribution in [0.4, 0.5) is 5.69 Å². The van der Waals surface area contributed by atoms with Crippen LogP contribution < -0.4 is 4.87 Å². The Morgan fingerprint density at radius 2 is 2.11 bits per heavy atom. The number of pyridine rings is 2. The molecule has 0 aromatic carbocycles. The van der Waals surface area contributed by atoms with Crippen LogP contribution >= 0.6 is 11.3 Å². The van der Waals surface area contributed by atoms with Gasteiger partial charge in [0.15, 0.2) is 0 Å². The highest BCUT2D eigenvalue weighted by molar-refractivity contribution is 7.16. The molecule has 0 saturated carbocycles. The molecule has 3 rings (SSSR count). The highest BCUT2D eigenvalue weighted by Gasteiger charge is 2.12. The van der Waals surface area contributed by atoms with E-state index in [2.05, 4.69) is 9.97 Å². The third kappa shape index (κ3) is 1.87. The van der Waals surface area contributed by atoms with Crippen molar-refractivity contribution in [1.29, 1.82) is 0 Å². The first kappa shape index (κ1) is 11.5. The molecule has 0 unspecified atom stereocenters. The van der Waals surface area contributed by atoms with E-state index in [1.54, 1.807) is 18.3 Å². The molecule has 8 heteroatoms. The molecule has 3 heterocycles. The lowest BCUT2D eigenvalue weighted by molar-refractivity contribution is -0.385. The van der Waals surface area contributed by atoms with Crippen LogP contribution in [0.15, 0.2) is 41.5 Å². The van der Waals surface area contributed by atoms with Gasteiger partial charge in [-0.25, -0.2) is 14.5 Å². The second-order valence-electron chi connectivity index (χ2n) is 3.66. The fourth-order valence-electron chi connectivity index (χ4n) is 1.69. The van der Waals surface area contributed by atoms with Crippen LogP contribution in [0.25, 0.3) is 16.2 Å². The second kappa shape index (κ2) is 4.25. The van der Waals surface area contributed by atoms with E-state index in [1.165, 1.54) is 16.7 Å². The maximum Gasteiger partial charge on any atom is 0.315 e. The van der Waals surface area contributed by atoms with E-state index in [0.717, 1.165) is 17.5 Å². The molecule has 0 radical (unpaired) electrons. The predicted molar refractivity (Wildman–Crippen MR) is 69.7 cm³/mol. The summed E-state index contributed by atoms with van der Waals surface area (Å²) in [4.78, 5) is 30.4. The van der Waals surface area contributed by atoms with E-state index in [-0.39, 0.29) is 10.6 Å². The van der Waals surface area contributed by atoms with Gasteiger partial charge in [0.2, 0.25) is 0 Å². The van der Waals surface area contributed by atoms with Crippen LogP contribution in [0.2, 0.25) is 0 Å². The molecule has 94 valence electrons. The van der Waals surface area contributed by atoms with Gasteiger partial charge >= 0.3 is 4.87 Å². The molecular formula is C11H6N4O3S. The van der Waals surface area contributed by atoms with E-state index in [9.17, 15) is 14.9 Å². The minimum Gasteiger partial charge on any atom is -0.258 e. The van der Waals surface area contributed by atoms with Crippen molar-refractivity contribution in [3.05, 3.63) is 56.4 Å². The quantitative estimate of drug-likeness (QED) is 0.524. The average molecular weight is 274 g/mol. The first-order valence-corrected chi connectivity index (χ1v) is 6.06. The number of aromatic nitrogens is 3. The summed E-state index contributed by atoms with van der Waals surface area (Å²) >= 11 is 1.01. The maximum atomic E-state index is 11.9. The van der Waals surface area contributed by atoms with Crippen molar-refractivity contribution in [2.45, 2.75) is 0 Å². The molecule has 0 aliphatic rings. The summed E-state index contributed by atoms with van der Waals surface area (Å²) in [5.74, 6) is 0.342. The van der Waals surface area contributed by atoms with Gasteiger partial charge in [-0.05, 0) is 18.2 Å². The van der Waals surface area contributed by atoms with E-state index in [0.29, 0.717) is 16.2 Å². The SMILES string of the molecule is O=c1sc2ncccc2n1-c1ccc([N+](=O)[O-])cn1. The molecule has 0 aliphatic heterocycles. The lowest BCUT2D eigenvalue weighted by atomic mass is 10.4.